The van der Waals surface area contributed by atoms with E-state index in [4.69, 9.17) is 15.6 Å². The van der Waals surface area contributed by atoms with Crippen LogP contribution in [0.4, 0.5) is 0 Å². The Morgan fingerprint density at radius 2 is 2.16 bits per heavy atom. The summed E-state index contributed by atoms with van der Waals surface area (Å²) in [4.78, 5) is 0. The predicted octanol–water partition coefficient (Wildman–Crippen LogP) is 3.98. The van der Waals surface area contributed by atoms with Gasteiger partial charge in [-0.1, -0.05) is 43.7 Å². The highest BCUT2D eigenvalue weighted by Gasteiger charge is 2.20. The lowest BCUT2D eigenvalue weighted by Crippen LogP contribution is -2.20. The molecule has 25 heavy (non-hydrogen) atoms. The Bertz CT molecular complexity index is 527. The SMILES string of the molecule is CC/C=C/COC[C@@H]1CCc2cc([C@H](CN)CCCCO)ccc2C1. The van der Waals surface area contributed by atoms with Crippen molar-refractivity contribution in [3.05, 3.63) is 47.0 Å². The third-order valence-corrected chi connectivity index (χ3v) is 5.25. The average molecular weight is 346 g/mol. The van der Waals surface area contributed by atoms with Gasteiger partial charge in [0.15, 0.2) is 0 Å². The fraction of sp³-hybridized carbons (Fsp3) is 0.636. The molecule has 0 spiro atoms. The summed E-state index contributed by atoms with van der Waals surface area (Å²) in [5.41, 5.74) is 10.3. The zero-order valence-electron chi connectivity index (χ0n) is 15.8. The number of aryl methyl sites for hydroxylation is 1. The molecule has 0 fully saturated rings. The summed E-state index contributed by atoms with van der Waals surface area (Å²) in [6.45, 7) is 4.71. The van der Waals surface area contributed by atoms with Gasteiger partial charge in [0.05, 0.1) is 13.2 Å². The van der Waals surface area contributed by atoms with Crippen LogP contribution in [0.5, 0.6) is 0 Å². The first-order chi connectivity index (χ1) is 12.3. The van der Waals surface area contributed by atoms with E-state index in [-0.39, 0.29) is 6.61 Å². The quantitative estimate of drug-likeness (QED) is 0.471. The van der Waals surface area contributed by atoms with Crippen molar-refractivity contribution in [3.63, 3.8) is 0 Å². The van der Waals surface area contributed by atoms with E-state index in [1.165, 1.54) is 23.1 Å². The molecule has 0 aromatic heterocycles. The average Bonchev–Trinajstić information content (AvgIpc) is 2.65. The predicted molar refractivity (Wildman–Crippen MR) is 105 cm³/mol. The molecule has 3 nitrogen and oxygen atoms in total. The molecule has 2 rings (SSSR count). The lowest BCUT2D eigenvalue weighted by atomic mass is 9.81. The van der Waals surface area contributed by atoms with E-state index >= 15 is 0 Å². The molecule has 0 radical (unpaired) electrons. The summed E-state index contributed by atoms with van der Waals surface area (Å²) in [6, 6.07) is 6.96. The Labute approximate surface area is 153 Å². The Kier molecular flexibility index (Phi) is 9.23. The van der Waals surface area contributed by atoms with Gasteiger partial charge in [-0.3, -0.25) is 0 Å². The van der Waals surface area contributed by atoms with E-state index in [0.717, 1.165) is 51.7 Å². The van der Waals surface area contributed by atoms with Crippen LogP contribution in [0.2, 0.25) is 0 Å². The number of rotatable bonds is 11. The second-order valence-electron chi connectivity index (χ2n) is 7.21. The summed E-state index contributed by atoms with van der Waals surface area (Å²) >= 11 is 0. The highest BCUT2D eigenvalue weighted by Crippen LogP contribution is 2.30. The van der Waals surface area contributed by atoms with Crippen LogP contribution in [0.3, 0.4) is 0 Å². The van der Waals surface area contributed by atoms with E-state index in [2.05, 4.69) is 37.3 Å². The number of ether oxygens (including phenoxy) is 1. The van der Waals surface area contributed by atoms with Crippen molar-refractivity contribution < 1.29 is 9.84 Å². The summed E-state index contributed by atoms with van der Waals surface area (Å²) in [5.74, 6) is 1.06. The van der Waals surface area contributed by atoms with Gasteiger partial charge >= 0.3 is 0 Å². The maximum atomic E-state index is 8.96. The van der Waals surface area contributed by atoms with Crippen LogP contribution in [0.15, 0.2) is 30.4 Å². The van der Waals surface area contributed by atoms with Gasteiger partial charge in [0.2, 0.25) is 0 Å². The maximum Gasteiger partial charge on any atom is 0.0647 e. The third-order valence-electron chi connectivity index (χ3n) is 5.25. The van der Waals surface area contributed by atoms with E-state index in [1.54, 1.807) is 0 Å². The molecule has 1 aromatic rings. The number of hydrogen-bond donors (Lipinski definition) is 2. The highest BCUT2D eigenvalue weighted by molar-refractivity contribution is 5.36. The lowest BCUT2D eigenvalue weighted by Gasteiger charge is -2.26. The van der Waals surface area contributed by atoms with Gasteiger partial charge in [0, 0.05) is 6.61 Å². The van der Waals surface area contributed by atoms with E-state index in [9.17, 15) is 0 Å². The van der Waals surface area contributed by atoms with Crippen LogP contribution in [0, 0.1) is 5.92 Å². The Morgan fingerprint density at radius 1 is 1.28 bits per heavy atom. The number of hydrogen-bond acceptors (Lipinski definition) is 3. The molecule has 1 aliphatic rings. The largest absolute Gasteiger partial charge is 0.396 e. The topological polar surface area (TPSA) is 55.5 Å². The van der Waals surface area contributed by atoms with Crippen LogP contribution in [0.1, 0.15) is 61.6 Å². The van der Waals surface area contributed by atoms with Gasteiger partial charge in [-0.25, -0.2) is 0 Å². The molecule has 0 amide bonds. The molecule has 0 heterocycles. The Hall–Kier alpha value is -1.16. The molecular formula is C22H35NO2. The number of fused-ring (bicyclic) bond motifs is 1. The molecule has 3 heteroatoms. The maximum absolute atomic E-state index is 8.96. The van der Waals surface area contributed by atoms with Crippen molar-refractivity contribution >= 4 is 0 Å². The fourth-order valence-electron chi connectivity index (χ4n) is 3.71. The van der Waals surface area contributed by atoms with Gasteiger partial charge in [0.25, 0.3) is 0 Å². The molecule has 1 aromatic carbocycles. The van der Waals surface area contributed by atoms with Crippen LogP contribution < -0.4 is 5.73 Å². The molecule has 140 valence electrons. The van der Waals surface area contributed by atoms with Crippen molar-refractivity contribution in [2.75, 3.05) is 26.4 Å². The second kappa shape index (κ2) is 11.5. The second-order valence-corrected chi connectivity index (χ2v) is 7.21. The molecule has 0 unspecified atom stereocenters. The van der Waals surface area contributed by atoms with Crippen molar-refractivity contribution in [1.82, 2.24) is 0 Å². The van der Waals surface area contributed by atoms with Gasteiger partial charge < -0.3 is 15.6 Å². The number of aliphatic hydroxyl groups is 1. The first kappa shape index (κ1) is 20.2. The minimum absolute atomic E-state index is 0.277. The minimum Gasteiger partial charge on any atom is -0.396 e. The zero-order valence-corrected chi connectivity index (χ0v) is 15.8. The number of aliphatic hydroxyl groups excluding tert-OH is 1. The number of allylic oxidation sites excluding steroid dienone is 1. The van der Waals surface area contributed by atoms with Crippen LogP contribution in [-0.2, 0) is 17.6 Å². The van der Waals surface area contributed by atoms with Crippen molar-refractivity contribution in [1.29, 1.82) is 0 Å². The molecule has 2 atom stereocenters. The minimum atomic E-state index is 0.277. The standard InChI is InChI=1S/C22H35NO2/c1-2-3-6-13-25-17-18-8-9-20-15-21(11-10-19(20)14-18)22(16-23)7-4-5-12-24/h3,6,10-11,15,18,22,24H,2,4-5,7-9,12-14,16-17,23H2,1H3/b6-3+/t18-,22+/m1/s1. The highest BCUT2D eigenvalue weighted by atomic mass is 16.5. The summed E-state index contributed by atoms with van der Waals surface area (Å²) in [6.07, 6.45) is 11.8. The lowest BCUT2D eigenvalue weighted by molar-refractivity contribution is 0.116. The number of unbranched alkanes of at least 4 members (excludes halogenated alkanes) is 1. The first-order valence-electron chi connectivity index (χ1n) is 9.93. The summed E-state index contributed by atoms with van der Waals surface area (Å²) in [7, 11) is 0. The summed E-state index contributed by atoms with van der Waals surface area (Å²) < 4.78 is 5.80. The molecular weight excluding hydrogens is 310 g/mol. The third kappa shape index (κ3) is 6.58. The van der Waals surface area contributed by atoms with Crippen LogP contribution >= 0.6 is 0 Å². The van der Waals surface area contributed by atoms with E-state index in [1.807, 2.05) is 0 Å². The van der Waals surface area contributed by atoms with Crippen LogP contribution in [0.25, 0.3) is 0 Å². The number of nitrogens with two attached hydrogens (primary N) is 1. The monoisotopic (exact) mass is 345 g/mol. The normalized spacial score (nSPS) is 18.4. The zero-order chi connectivity index (χ0) is 17.9. The van der Waals surface area contributed by atoms with E-state index < -0.39 is 0 Å². The molecule has 0 saturated carbocycles. The van der Waals surface area contributed by atoms with Gasteiger partial charge in [-0.05, 0) is 73.6 Å². The van der Waals surface area contributed by atoms with Crippen molar-refractivity contribution in [3.8, 4) is 0 Å². The Balaban J connectivity index is 1.88. The molecule has 1 aliphatic carbocycles. The summed E-state index contributed by atoms with van der Waals surface area (Å²) in [5, 5.41) is 8.96. The first-order valence-corrected chi connectivity index (χ1v) is 9.93. The van der Waals surface area contributed by atoms with Gasteiger partial charge in [-0.2, -0.15) is 0 Å². The molecule has 0 aliphatic heterocycles. The molecule has 0 bridgehead atoms. The van der Waals surface area contributed by atoms with Gasteiger partial charge in [-0.15, -0.1) is 0 Å². The number of benzene rings is 1. The van der Waals surface area contributed by atoms with Crippen molar-refractivity contribution in [2.45, 2.75) is 57.8 Å². The van der Waals surface area contributed by atoms with Crippen LogP contribution in [-0.4, -0.2) is 31.5 Å². The van der Waals surface area contributed by atoms with E-state index in [0.29, 0.717) is 18.4 Å². The smallest absolute Gasteiger partial charge is 0.0647 e. The van der Waals surface area contributed by atoms with Gasteiger partial charge in [0.1, 0.15) is 0 Å². The molecule has 3 N–H and O–H groups in total. The fourth-order valence-corrected chi connectivity index (χ4v) is 3.71. The van der Waals surface area contributed by atoms with Crippen molar-refractivity contribution in [2.24, 2.45) is 11.7 Å². The molecule has 0 saturated heterocycles. The Morgan fingerprint density at radius 3 is 2.92 bits per heavy atom.